The summed E-state index contributed by atoms with van der Waals surface area (Å²) in [5.41, 5.74) is 2.27. The first-order valence-electron chi connectivity index (χ1n) is 8.08. The lowest BCUT2D eigenvalue weighted by Gasteiger charge is -2.23. The number of aliphatic hydroxyl groups is 1. The van der Waals surface area contributed by atoms with Gasteiger partial charge in [0, 0.05) is 11.4 Å². The molecule has 1 aliphatic rings. The third kappa shape index (κ3) is 3.71. The van der Waals surface area contributed by atoms with Crippen molar-refractivity contribution in [1.82, 2.24) is 10.2 Å². The molecule has 1 atom stereocenters. The standard InChI is InChI=1S/C18H22N2O3S/c1-23-16-6-4-13(5-7-16)14-9-17(24-12-14)10-19-18(22)20-8-2-3-15(20)11-21/h4-7,9,12,15,21H,2-3,8,10-11H2,1H3,(H,19,22)/t15-/m1/s1. The second-order valence-electron chi connectivity index (χ2n) is 5.86. The number of benzene rings is 1. The molecule has 1 aromatic carbocycles. The number of nitrogens with zero attached hydrogens (tertiary/aromatic N) is 1. The normalized spacial score (nSPS) is 17.1. The number of methoxy groups -OCH3 is 1. The van der Waals surface area contributed by atoms with Crippen molar-refractivity contribution >= 4 is 17.4 Å². The number of amides is 2. The van der Waals surface area contributed by atoms with Gasteiger partial charge in [0.1, 0.15) is 5.75 Å². The Balaban J connectivity index is 1.58. The van der Waals surface area contributed by atoms with Crippen molar-refractivity contribution in [3.05, 3.63) is 40.6 Å². The number of ether oxygens (including phenoxy) is 1. The molecule has 2 aromatic rings. The molecule has 0 aliphatic carbocycles. The number of thiophene rings is 1. The highest BCUT2D eigenvalue weighted by Gasteiger charge is 2.27. The lowest BCUT2D eigenvalue weighted by molar-refractivity contribution is 0.157. The van der Waals surface area contributed by atoms with Gasteiger partial charge >= 0.3 is 6.03 Å². The Morgan fingerprint density at radius 2 is 2.17 bits per heavy atom. The van der Waals surface area contributed by atoms with E-state index in [1.807, 2.05) is 24.3 Å². The molecule has 5 nitrogen and oxygen atoms in total. The van der Waals surface area contributed by atoms with Gasteiger partial charge in [0.15, 0.2) is 0 Å². The Kier molecular flexibility index (Phi) is 5.37. The van der Waals surface area contributed by atoms with Gasteiger partial charge in [-0.05, 0) is 47.5 Å². The molecule has 1 fully saturated rings. The van der Waals surface area contributed by atoms with Crippen LogP contribution in [0.5, 0.6) is 5.75 Å². The summed E-state index contributed by atoms with van der Waals surface area (Å²) in [7, 11) is 1.65. The number of urea groups is 1. The summed E-state index contributed by atoms with van der Waals surface area (Å²) in [6, 6.07) is 9.90. The first-order chi connectivity index (χ1) is 11.7. The van der Waals surface area contributed by atoms with E-state index >= 15 is 0 Å². The minimum atomic E-state index is -0.0917. The van der Waals surface area contributed by atoms with Gasteiger partial charge in [-0.2, -0.15) is 0 Å². The molecule has 0 unspecified atom stereocenters. The van der Waals surface area contributed by atoms with E-state index in [0.717, 1.165) is 41.1 Å². The summed E-state index contributed by atoms with van der Waals surface area (Å²) in [5.74, 6) is 0.838. The number of hydrogen-bond acceptors (Lipinski definition) is 4. The summed E-state index contributed by atoms with van der Waals surface area (Å²) in [4.78, 5) is 15.1. The van der Waals surface area contributed by atoms with Crippen LogP contribution in [0.2, 0.25) is 0 Å². The Hall–Kier alpha value is -2.05. The van der Waals surface area contributed by atoms with E-state index in [2.05, 4.69) is 16.8 Å². The molecule has 2 N–H and O–H groups in total. The zero-order chi connectivity index (χ0) is 16.9. The molecule has 1 aliphatic heterocycles. The SMILES string of the molecule is COc1ccc(-c2csc(CNC(=O)N3CCC[C@@H]3CO)c2)cc1. The van der Waals surface area contributed by atoms with Crippen LogP contribution in [0, 0.1) is 0 Å². The molecular formula is C18H22N2O3S. The number of likely N-dealkylation sites (tertiary alicyclic amines) is 1. The van der Waals surface area contributed by atoms with Gasteiger partial charge in [-0.25, -0.2) is 4.79 Å². The molecule has 3 rings (SSSR count). The molecule has 0 bridgehead atoms. The van der Waals surface area contributed by atoms with Crippen LogP contribution in [0.4, 0.5) is 4.79 Å². The molecule has 0 saturated carbocycles. The van der Waals surface area contributed by atoms with E-state index in [1.165, 1.54) is 0 Å². The maximum atomic E-state index is 12.2. The number of carbonyl (C=O) groups is 1. The first kappa shape index (κ1) is 16.8. The van der Waals surface area contributed by atoms with E-state index < -0.39 is 0 Å². The van der Waals surface area contributed by atoms with Crippen molar-refractivity contribution in [3.63, 3.8) is 0 Å². The zero-order valence-electron chi connectivity index (χ0n) is 13.7. The predicted molar refractivity (Wildman–Crippen MR) is 95.4 cm³/mol. The van der Waals surface area contributed by atoms with Crippen molar-refractivity contribution in [2.45, 2.75) is 25.4 Å². The molecule has 24 heavy (non-hydrogen) atoms. The number of hydrogen-bond donors (Lipinski definition) is 2. The van der Waals surface area contributed by atoms with Crippen molar-refractivity contribution in [1.29, 1.82) is 0 Å². The molecule has 2 amide bonds. The summed E-state index contributed by atoms with van der Waals surface area (Å²) in [6.45, 7) is 1.26. The summed E-state index contributed by atoms with van der Waals surface area (Å²) >= 11 is 1.63. The van der Waals surface area contributed by atoms with Crippen LogP contribution in [-0.4, -0.2) is 42.3 Å². The molecule has 0 radical (unpaired) electrons. The average Bonchev–Trinajstić information content (AvgIpc) is 3.29. The fourth-order valence-corrected chi connectivity index (χ4v) is 3.80. The maximum absolute atomic E-state index is 12.2. The van der Waals surface area contributed by atoms with Crippen LogP contribution in [0.3, 0.4) is 0 Å². The quantitative estimate of drug-likeness (QED) is 0.874. The second-order valence-corrected chi connectivity index (χ2v) is 6.86. The summed E-state index contributed by atoms with van der Waals surface area (Å²) in [5, 5.41) is 14.4. The van der Waals surface area contributed by atoms with Crippen LogP contribution in [-0.2, 0) is 6.54 Å². The van der Waals surface area contributed by atoms with E-state index in [0.29, 0.717) is 6.54 Å². The molecule has 2 heterocycles. The molecule has 128 valence electrons. The van der Waals surface area contributed by atoms with Crippen molar-refractivity contribution in [3.8, 4) is 16.9 Å². The first-order valence-corrected chi connectivity index (χ1v) is 8.96. The summed E-state index contributed by atoms with van der Waals surface area (Å²) < 4.78 is 5.17. The molecule has 1 saturated heterocycles. The third-order valence-electron chi connectivity index (χ3n) is 4.34. The highest BCUT2D eigenvalue weighted by Crippen LogP contribution is 2.27. The Labute approximate surface area is 145 Å². The van der Waals surface area contributed by atoms with E-state index in [-0.39, 0.29) is 18.7 Å². The Morgan fingerprint density at radius 1 is 1.38 bits per heavy atom. The van der Waals surface area contributed by atoms with Gasteiger partial charge in [0.05, 0.1) is 26.3 Å². The van der Waals surface area contributed by atoms with Crippen LogP contribution in [0.25, 0.3) is 11.1 Å². The largest absolute Gasteiger partial charge is 0.497 e. The van der Waals surface area contributed by atoms with Gasteiger partial charge in [0.25, 0.3) is 0 Å². The highest BCUT2D eigenvalue weighted by atomic mass is 32.1. The van der Waals surface area contributed by atoms with Crippen LogP contribution in [0.1, 0.15) is 17.7 Å². The Bertz CT molecular complexity index is 684. The van der Waals surface area contributed by atoms with Crippen molar-refractivity contribution in [2.75, 3.05) is 20.3 Å². The van der Waals surface area contributed by atoms with Crippen molar-refractivity contribution < 1.29 is 14.6 Å². The Morgan fingerprint density at radius 3 is 2.88 bits per heavy atom. The highest BCUT2D eigenvalue weighted by molar-refractivity contribution is 7.10. The smallest absolute Gasteiger partial charge is 0.318 e. The fraction of sp³-hybridized carbons (Fsp3) is 0.389. The fourth-order valence-electron chi connectivity index (χ4n) is 2.97. The van der Waals surface area contributed by atoms with Crippen LogP contribution < -0.4 is 10.1 Å². The lowest BCUT2D eigenvalue weighted by Crippen LogP contribution is -2.43. The van der Waals surface area contributed by atoms with Crippen molar-refractivity contribution in [2.24, 2.45) is 0 Å². The van der Waals surface area contributed by atoms with Gasteiger partial charge < -0.3 is 20.1 Å². The van der Waals surface area contributed by atoms with Gasteiger partial charge in [0.2, 0.25) is 0 Å². The number of nitrogens with one attached hydrogen (secondary N) is 1. The molecule has 6 heteroatoms. The second kappa shape index (κ2) is 7.68. The lowest BCUT2D eigenvalue weighted by atomic mass is 10.1. The van der Waals surface area contributed by atoms with E-state index in [4.69, 9.17) is 4.74 Å². The van der Waals surface area contributed by atoms with Crippen LogP contribution in [0.15, 0.2) is 35.7 Å². The average molecular weight is 346 g/mol. The van der Waals surface area contributed by atoms with E-state index in [9.17, 15) is 9.90 Å². The minimum Gasteiger partial charge on any atom is -0.497 e. The zero-order valence-corrected chi connectivity index (χ0v) is 14.5. The topological polar surface area (TPSA) is 61.8 Å². The molecule has 1 aromatic heterocycles. The van der Waals surface area contributed by atoms with E-state index in [1.54, 1.807) is 23.3 Å². The third-order valence-corrected chi connectivity index (χ3v) is 5.28. The maximum Gasteiger partial charge on any atom is 0.318 e. The van der Waals surface area contributed by atoms with Gasteiger partial charge in [-0.1, -0.05) is 12.1 Å². The monoisotopic (exact) mass is 346 g/mol. The molecular weight excluding hydrogens is 324 g/mol. The molecule has 0 spiro atoms. The minimum absolute atomic E-state index is 0.0358. The van der Waals surface area contributed by atoms with Crippen LogP contribution >= 0.6 is 11.3 Å². The number of aliphatic hydroxyl groups excluding tert-OH is 1. The number of rotatable bonds is 5. The summed E-state index contributed by atoms with van der Waals surface area (Å²) in [6.07, 6.45) is 1.84. The van der Waals surface area contributed by atoms with Gasteiger partial charge in [-0.3, -0.25) is 0 Å². The predicted octanol–water partition coefficient (Wildman–Crippen LogP) is 3.09. The van der Waals surface area contributed by atoms with Gasteiger partial charge in [-0.15, -0.1) is 11.3 Å². The number of carbonyl (C=O) groups excluding carboxylic acids is 1.